The monoisotopic (exact) mass is 208 g/mol. The van der Waals surface area contributed by atoms with Gasteiger partial charge in [0.15, 0.2) is 5.78 Å². The first kappa shape index (κ1) is 10.9. The van der Waals surface area contributed by atoms with Crippen LogP contribution >= 0.6 is 0 Å². The topological polar surface area (TPSA) is 37.3 Å². The smallest absolute Gasteiger partial charge is 0.155 e. The van der Waals surface area contributed by atoms with Gasteiger partial charge in [-0.2, -0.15) is 0 Å². The largest absolute Gasteiger partial charge is 0.389 e. The van der Waals surface area contributed by atoms with E-state index in [1.165, 1.54) is 0 Å². The highest BCUT2D eigenvalue weighted by Crippen LogP contribution is 2.61. The number of aliphatic hydroxyl groups is 1. The van der Waals surface area contributed by atoms with Crippen molar-refractivity contribution < 1.29 is 9.90 Å². The SMILES string of the molecule is CCC(=O)/C=C1\[C@@H](O)C[C@H]2C[C@@H]1C2(C)C. The lowest BCUT2D eigenvalue weighted by atomic mass is 9.46. The number of rotatable bonds is 2. The Hall–Kier alpha value is -0.630. The molecule has 0 heterocycles. The van der Waals surface area contributed by atoms with E-state index in [9.17, 15) is 9.90 Å². The summed E-state index contributed by atoms with van der Waals surface area (Å²) in [5.74, 6) is 1.22. The van der Waals surface area contributed by atoms with Crippen LogP contribution in [0.2, 0.25) is 0 Å². The van der Waals surface area contributed by atoms with Crippen molar-refractivity contribution >= 4 is 5.78 Å². The summed E-state index contributed by atoms with van der Waals surface area (Å²) in [5, 5.41) is 9.93. The summed E-state index contributed by atoms with van der Waals surface area (Å²) in [5.41, 5.74) is 1.29. The quantitative estimate of drug-likeness (QED) is 0.707. The van der Waals surface area contributed by atoms with E-state index in [2.05, 4.69) is 13.8 Å². The Balaban J connectivity index is 2.23. The van der Waals surface area contributed by atoms with Gasteiger partial charge in [-0.1, -0.05) is 20.8 Å². The van der Waals surface area contributed by atoms with Gasteiger partial charge in [0.25, 0.3) is 0 Å². The average molecular weight is 208 g/mol. The van der Waals surface area contributed by atoms with E-state index >= 15 is 0 Å². The predicted octanol–water partition coefficient (Wildman–Crippen LogP) is 2.32. The molecule has 0 amide bonds. The fourth-order valence-electron chi connectivity index (χ4n) is 3.10. The standard InChI is InChI=1S/C13H20O2/c1-4-9(14)7-10-11-5-8(6-12(10)15)13(11,2)3/h7-8,11-12,15H,4-6H2,1-3H3/b10-7-/t8-,11+,12+/m1/s1. The molecule has 0 aromatic carbocycles. The van der Waals surface area contributed by atoms with Crippen molar-refractivity contribution in [2.45, 2.75) is 46.1 Å². The van der Waals surface area contributed by atoms with Crippen molar-refractivity contribution in [1.29, 1.82) is 0 Å². The lowest BCUT2D eigenvalue weighted by molar-refractivity contribution is -0.115. The summed E-state index contributed by atoms with van der Waals surface area (Å²) in [6.07, 6.45) is 3.87. The van der Waals surface area contributed by atoms with E-state index in [1.807, 2.05) is 6.92 Å². The molecule has 84 valence electrons. The molecule has 2 nitrogen and oxygen atoms in total. The summed E-state index contributed by atoms with van der Waals surface area (Å²) >= 11 is 0. The van der Waals surface area contributed by atoms with E-state index in [0.717, 1.165) is 18.4 Å². The Bertz CT molecular complexity index is 314. The Morgan fingerprint density at radius 2 is 2.20 bits per heavy atom. The molecule has 0 radical (unpaired) electrons. The van der Waals surface area contributed by atoms with Crippen LogP contribution in [0.5, 0.6) is 0 Å². The van der Waals surface area contributed by atoms with Crippen LogP contribution in [0, 0.1) is 17.3 Å². The number of allylic oxidation sites excluding steroid dienone is 1. The van der Waals surface area contributed by atoms with Gasteiger partial charge in [0.2, 0.25) is 0 Å². The third-order valence-electron chi connectivity index (χ3n) is 4.44. The van der Waals surface area contributed by atoms with E-state index in [-0.39, 0.29) is 11.9 Å². The maximum absolute atomic E-state index is 11.4. The minimum Gasteiger partial charge on any atom is -0.389 e. The molecule has 1 N–H and O–H groups in total. The van der Waals surface area contributed by atoms with Gasteiger partial charge >= 0.3 is 0 Å². The Kier molecular flexibility index (Phi) is 2.50. The zero-order chi connectivity index (χ0) is 11.2. The van der Waals surface area contributed by atoms with Crippen molar-refractivity contribution in [3.63, 3.8) is 0 Å². The minimum atomic E-state index is -0.364. The molecule has 0 unspecified atom stereocenters. The zero-order valence-corrected chi connectivity index (χ0v) is 9.79. The summed E-state index contributed by atoms with van der Waals surface area (Å²) in [6.45, 7) is 6.37. The Labute approximate surface area is 91.4 Å². The Morgan fingerprint density at radius 1 is 1.53 bits per heavy atom. The lowest BCUT2D eigenvalue weighted by Gasteiger charge is -2.59. The van der Waals surface area contributed by atoms with Crippen molar-refractivity contribution in [2.24, 2.45) is 17.3 Å². The van der Waals surface area contributed by atoms with Crippen LogP contribution in [-0.2, 0) is 4.79 Å². The van der Waals surface area contributed by atoms with Crippen molar-refractivity contribution in [1.82, 2.24) is 0 Å². The van der Waals surface area contributed by atoms with E-state index in [1.54, 1.807) is 6.08 Å². The normalized spacial score (nSPS) is 40.0. The summed E-state index contributed by atoms with van der Waals surface area (Å²) < 4.78 is 0. The van der Waals surface area contributed by atoms with Crippen LogP contribution in [-0.4, -0.2) is 17.0 Å². The molecule has 0 spiro atoms. The van der Waals surface area contributed by atoms with Gasteiger partial charge in [-0.05, 0) is 41.7 Å². The Morgan fingerprint density at radius 3 is 2.73 bits per heavy atom. The second-order valence-electron chi connectivity index (χ2n) is 5.52. The molecule has 3 aliphatic carbocycles. The fourth-order valence-corrected chi connectivity index (χ4v) is 3.10. The number of fused-ring (bicyclic) bond motifs is 2. The number of hydrogen-bond donors (Lipinski definition) is 1. The van der Waals surface area contributed by atoms with E-state index in [4.69, 9.17) is 0 Å². The van der Waals surface area contributed by atoms with Crippen molar-refractivity contribution in [2.75, 3.05) is 0 Å². The minimum absolute atomic E-state index is 0.144. The summed E-state index contributed by atoms with van der Waals surface area (Å²) in [7, 11) is 0. The molecule has 15 heavy (non-hydrogen) atoms. The van der Waals surface area contributed by atoms with Gasteiger partial charge in [0.1, 0.15) is 0 Å². The molecule has 0 aromatic heterocycles. The third-order valence-corrected chi connectivity index (χ3v) is 4.44. The first-order valence-electron chi connectivity index (χ1n) is 5.89. The molecule has 3 atom stereocenters. The van der Waals surface area contributed by atoms with Gasteiger partial charge in [0.05, 0.1) is 6.10 Å². The second-order valence-corrected chi connectivity index (χ2v) is 5.52. The van der Waals surface area contributed by atoms with Crippen LogP contribution in [0.1, 0.15) is 40.0 Å². The van der Waals surface area contributed by atoms with Crippen molar-refractivity contribution in [3.05, 3.63) is 11.6 Å². The van der Waals surface area contributed by atoms with E-state index < -0.39 is 0 Å². The molecule has 0 aromatic rings. The average Bonchev–Trinajstić information content (AvgIpc) is 2.19. The molecule has 2 bridgehead atoms. The molecule has 0 saturated heterocycles. The van der Waals surface area contributed by atoms with Gasteiger partial charge in [-0.25, -0.2) is 0 Å². The predicted molar refractivity (Wildman–Crippen MR) is 59.4 cm³/mol. The molecule has 3 fully saturated rings. The van der Waals surface area contributed by atoms with Gasteiger partial charge < -0.3 is 5.11 Å². The molecule has 3 aliphatic rings. The zero-order valence-electron chi connectivity index (χ0n) is 9.79. The van der Waals surface area contributed by atoms with Crippen LogP contribution in [0.25, 0.3) is 0 Å². The summed E-state index contributed by atoms with van der Waals surface area (Å²) in [4.78, 5) is 11.4. The maximum atomic E-state index is 11.4. The van der Waals surface area contributed by atoms with Gasteiger partial charge in [-0.3, -0.25) is 4.79 Å². The number of carbonyl (C=O) groups is 1. The second kappa shape index (κ2) is 3.44. The molecular formula is C13H20O2. The molecular weight excluding hydrogens is 188 g/mol. The van der Waals surface area contributed by atoms with Gasteiger partial charge in [-0.15, -0.1) is 0 Å². The van der Waals surface area contributed by atoms with Gasteiger partial charge in [0, 0.05) is 6.42 Å². The molecule has 2 heteroatoms. The van der Waals surface area contributed by atoms with Crippen LogP contribution in [0.15, 0.2) is 11.6 Å². The number of aliphatic hydroxyl groups excluding tert-OH is 1. The third kappa shape index (κ3) is 1.55. The first-order valence-corrected chi connectivity index (χ1v) is 5.89. The number of ketones is 1. The molecule has 0 aliphatic heterocycles. The lowest BCUT2D eigenvalue weighted by Crippen LogP contribution is -2.53. The fraction of sp³-hybridized carbons (Fsp3) is 0.769. The maximum Gasteiger partial charge on any atom is 0.155 e. The molecule has 3 rings (SSSR count). The van der Waals surface area contributed by atoms with E-state index in [0.29, 0.717) is 23.7 Å². The highest BCUT2D eigenvalue weighted by atomic mass is 16.3. The highest BCUT2D eigenvalue weighted by molar-refractivity contribution is 5.90. The van der Waals surface area contributed by atoms with Crippen LogP contribution < -0.4 is 0 Å². The van der Waals surface area contributed by atoms with Crippen molar-refractivity contribution in [3.8, 4) is 0 Å². The van der Waals surface area contributed by atoms with Crippen LogP contribution in [0.4, 0.5) is 0 Å². The first-order chi connectivity index (χ1) is 6.96. The summed E-state index contributed by atoms with van der Waals surface area (Å²) in [6, 6.07) is 0. The van der Waals surface area contributed by atoms with Crippen LogP contribution in [0.3, 0.4) is 0 Å². The molecule has 3 saturated carbocycles. The highest BCUT2D eigenvalue weighted by Gasteiger charge is 2.55. The number of hydrogen-bond acceptors (Lipinski definition) is 2. The number of carbonyl (C=O) groups excluding carboxylic acids is 1.